The smallest absolute Gasteiger partial charge is 0.301 e. The van der Waals surface area contributed by atoms with Crippen LogP contribution in [0.15, 0.2) is 65.7 Å². The van der Waals surface area contributed by atoms with Crippen molar-refractivity contribution < 1.29 is 17.9 Å². The lowest BCUT2D eigenvalue weighted by Crippen LogP contribution is -2.40. The molecule has 1 heterocycles. The van der Waals surface area contributed by atoms with Gasteiger partial charge in [-0.05, 0) is 59.7 Å². The van der Waals surface area contributed by atoms with Crippen molar-refractivity contribution in [3.63, 3.8) is 0 Å². The highest BCUT2D eigenvalue weighted by Crippen LogP contribution is 2.24. The fourth-order valence-corrected chi connectivity index (χ4v) is 5.09. The summed E-state index contributed by atoms with van der Waals surface area (Å²) < 4.78 is 30.2. The maximum Gasteiger partial charge on any atom is 0.301 e. The van der Waals surface area contributed by atoms with Crippen molar-refractivity contribution in [3.8, 4) is 5.75 Å². The van der Waals surface area contributed by atoms with Crippen LogP contribution in [0.25, 0.3) is 10.8 Å². The molecule has 38 heavy (non-hydrogen) atoms. The minimum atomic E-state index is -4.16. The Morgan fingerprint density at radius 2 is 1.71 bits per heavy atom. The molecule has 1 amide bonds. The van der Waals surface area contributed by atoms with Crippen LogP contribution >= 0.6 is 0 Å². The lowest BCUT2D eigenvalue weighted by molar-refractivity contribution is -0.124. The lowest BCUT2D eigenvalue weighted by Gasteiger charge is -2.32. The second-order valence-corrected chi connectivity index (χ2v) is 10.8. The summed E-state index contributed by atoms with van der Waals surface area (Å²) in [7, 11) is -4.16. The first kappa shape index (κ1) is 27.1. The first-order valence-electron chi connectivity index (χ1n) is 12.2. The van der Waals surface area contributed by atoms with Crippen molar-refractivity contribution in [2.75, 3.05) is 13.1 Å². The van der Waals surface area contributed by atoms with Gasteiger partial charge in [0.05, 0.1) is 18.1 Å². The van der Waals surface area contributed by atoms with Crippen LogP contribution in [0.5, 0.6) is 5.75 Å². The molecule has 0 saturated carbocycles. The predicted octanol–water partition coefficient (Wildman–Crippen LogP) is 3.27. The molecule has 1 aliphatic heterocycles. The molecule has 0 bridgehead atoms. The molecule has 4 rings (SSSR count). The van der Waals surface area contributed by atoms with Crippen molar-refractivity contribution in [2.45, 2.75) is 39.3 Å². The number of nitrogens with two attached hydrogens (primary N) is 2. The third-order valence-corrected chi connectivity index (χ3v) is 7.49. The molecule has 0 radical (unpaired) electrons. The third kappa shape index (κ3) is 6.67. The number of hydrogen-bond donors (Lipinski definition) is 3. The Bertz CT molecular complexity index is 1480. The summed E-state index contributed by atoms with van der Waals surface area (Å²) in [5, 5.41) is 14.7. The average molecular weight is 537 g/mol. The number of hydrogen-bond acceptors (Lipinski definition) is 6. The van der Waals surface area contributed by atoms with Crippen LogP contribution in [0.4, 0.5) is 5.69 Å². The van der Waals surface area contributed by atoms with Crippen LogP contribution in [0.2, 0.25) is 0 Å². The molecule has 0 spiro atoms. The number of carbonyl (C=O) groups is 1. The molecular weight excluding hydrogens is 504 g/mol. The Morgan fingerprint density at radius 1 is 1.05 bits per heavy atom. The minimum Gasteiger partial charge on any atom is -0.490 e. The quantitative estimate of drug-likeness (QED) is 0.311. The molecule has 0 aliphatic carbocycles. The van der Waals surface area contributed by atoms with Crippen molar-refractivity contribution in [1.82, 2.24) is 9.21 Å². The van der Waals surface area contributed by atoms with E-state index in [1.807, 2.05) is 55.5 Å². The maximum absolute atomic E-state index is 11.7. The highest BCUT2D eigenvalue weighted by molar-refractivity contribution is 7.87. The summed E-state index contributed by atoms with van der Waals surface area (Å²) in [6.07, 6.45) is 1.88. The number of carbonyl (C=O) groups excluding carboxylic acids is 1. The monoisotopic (exact) mass is 536 g/mol. The summed E-state index contributed by atoms with van der Waals surface area (Å²) in [5.74, 6) is 1.04. The van der Waals surface area contributed by atoms with E-state index in [1.165, 1.54) is 0 Å². The van der Waals surface area contributed by atoms with Crippen LogP contribution in [0.3, 0.4) is 0 Å². The molecule has 0 atom stereocenters. The van der Waals surface area contributed by atoms with Gasteiger partial charge in [-0.15, -0.1) is 0 Å². The largest absolute Gasteiger partial charge is 0.490 e. The number of amides is 1. The Balaban J connectivity index is 1.46. The van der Waals surface area contributed by atoms with E-state index in [4.69, 9.17) is 21.0 Å². The van der Waals surface area contributed by atoms with E-state index in [0.717, 1.165) is 49.4 Å². The van der Waals surface area contributed by atoms with Gasteiger partial charge in [-0.25, -0.2) is 14.4 Å². The Hall–Kier alpha value is -3.96. The number of nitrogens with zero attached hydrogens (tertiary/aromatic N) is 3. The van der Waals surface area contributed by atoms with E-state index in [9.17, 15) is 13.2 Å². The van der Waals surface area contributed by atoms with Crippen molar-refractivity contribution in [2.24, 2.45) is 15.9 Å². The van der Waals surface area contributed by atoms with Crippen LogP contribution in [0.1, 0.15) is 37.8 Å². The number of aliphatic imine (C=N–C) groups is 1. The SMILES string of the molecule is CC(=N)N1CCC(Oc2ccc(N=C(N)c3ccc4ccc(CN(C(C)=O)S(N)(=O)=O)cc4c3)cc2)CC1. The van der Waals surface area contributed by atoms with Gasteiger partial charge in [0.15, 0.2) is 0 Å². The van der Waals surface area contributed by atoms with Gasteiger partial charge in [-0.2, -0.15) is 8.42 Å². The number of ether oxygens (including phenoxy) is 1. The average Bonchev–Trinajstić information content (AvgIpc) is 2.87. The fourth-order valence-electron chi connectivity index (χ4n) is 4.40. The second-order valence-electron chi connectivity index (χ2n) is 9.35. The summed E-state index contributed by atoms with van der Waals surface area (Å²) in [4.78, 5) is 18.3. The zero-order chi connectivity index (χ0) is 27.4. The molecule has 10 nitrogen and oxygen atoms in total. The topological polar surface area (TPSA) is 155 Å². The highest BCUT2D eigenvalue weighted by atomic mass is 32.2. The Kier molecular flexibility index (Phi) is 7.98. The highest BCUT2D eigenvalue weighted by Gasteiger charge is 2.21. The molecule has 5 N–H and O–H groups in total. The second kappa shape index (κ2) is 11.2. The molecular formula is C27H32N6O4S. The lowest BCUT2D eigenvalue weighted by atomic mass is 10.0. The number of rotatable bonds is 7. The maximum atomic E-state index is 11.7. The van der Waals surface area contributed by atoms with E-state index in [1.54, 1.807) is 12.1 Å². The normalized spacial score (nSPS) is 14.9. The first-order valence-corrected chi connectivity index (χ1v) is 13.7. The molecule has 1 fully saturated rings. The zero-order valence-corrected chi connectivity index (χ0v) is 22.2. The number of benzene rings is 3. The standard InChI is InChI=1S/C27H32N6O4S/c1-18(28)32-13-11-26(12-14-32)37-25-9-7-24(8-10-25)31-27(29)22-6-5-21-4-3-20(15-23(21)16-22)17-33(19(2)34)38(30,35)36/h3-10,15-16,26,28H,11-14,17H2,1-2H3,(H2,29,31)(H2,30,35,36). The molecule has 1 aliphatic rings. The molecule has 3 aromatic rings. The van der Waals surface area contributed by atoms with E-state index < -0.39 is 16.1 Å². The van der Waals surface area contributed by atoms with E-state index >= 15 is 0 Å². The van der Waals surface area contributed by atoms with Crippen molar-refractivity contribution in [3.05, 3.63) is 71.8 Å². The molecule has 200 valence electrons. The summed E-state index contributed by atoms with van der Waals surface area (Å²) in [5.41, 5.74) is 8.31. The molecule has 3 aromatic carbocycles. The number of fused-ring (bicyclic) bond motifs is 1. The van der Waals surface area contributed by atoms with Crippen LogP contribution < -0.4 is 15.6 Å². The van der Waals surface area contributed by atoms with Crippen LogP contribution in [-0.2, 0) is 21.5 Å². The minimum absolute atomic E-state index is 0.125. The Labute approximate surface area is 222 Å². The first-order chi connectivity index (χ1) is 18.0. The number of nitrogens with one attached hydrogen (secondary N) is 1. The van der Waals surface area contributed by atoms with Gasteiger partial charge in [0.25, 0.3) is 0 Å². The zero-order valence-electron chi connectivity index (χ0n) is 21.4. The van der Waals surface area contributed by atoms with Gasteiger partial charge in [0.1, 0.15) is 17.7 Å². The predicted molar refractivity (Wildman–Crippen MR) is 149 cm³/mol. The van der Waals surface area contributed by atoms with Gasteiger partial charge < -0.3 is 15.4 Å². The number of likely N-dealkylation sites (tertiary alicyclic amines) is 1. The molecule has 0 unspecified atom stereocenters. The number of piperidine rings is 1. The van der Waals surface area contributed by atoms with Gasteiger partial charge in [0, 0.05) is 38.4 Å². The molecule has 11 heteroatoms. The van der Waals surface area contributed by atoms with E-state index in [0.29, 0.717) is 32.8 Å². The Morgan fingerprint density at radius 3 is 2.32 bits per heavy atom. The van der Waals surface area contributed by atoms with Crippen molar-refractivity contribution in [1.29, 1.82) is 5.41 Å². The van der Waals surface area contributed by atoms with Gasteiger partial charge in [0.2, 0.25) is 5.91 Å². The number of amidine groups is 2. The fraction of sp³-hybridized carbons (Fsp3) is 0.296. The van der Waals surface area contributed by atoms with E-state index in [-0.39, 0.29) is 12.6 Å². The van der Waals surface area contributed by atoms with Gasteiger partial charge >= 0.3 is 10.2 Å². The molecule has 0 aromatic heterocycles. The summed E-state index contributed by atoms with van der Waals surface area (Å²) in [6.45, 7) is 4.46. The van der Waals surface area contributed by atoms with Gasteiger partial charge in [-0.1, -0.05) is 24.3 Å². The van der Waals surface area contributed by atoms with Crippen LogP contribution in [-0.4, -0.2) is 54.4 Å². The summed E-state index contributed by atoms with van der Waals surface area (Å²) in [6, 6.07) is 18.5. The van der Waals surface area contributed by atoms with Crippen LogP contribution in [0, 0.1) is 5.41 Å². The van der Waals surface area contributed by atoms with E-state index in [2.05, 4.69) is 9.89 Å². The summed E-state index contributed by atoms with van der Waals surface area (Å²) >= 11 is 0. The van der Waals surface area contributed by atoms with Crippen molar-refractivity contribution >= 4 is 44.2 Å². The van der Waals surface area contributed by atoms with Gasteiger partial charge in [-0.3, -0.25) is 10.2 Å². The third-order valence-electron chi connectivity index (χ3n) is 6.49. The molecule has 1 saturated heterocycles.